The molecule has 4 heteroatoms. The van der Waals surface area contributed by atoms with Crippen LogP contribution in [0.1, 0.15) is 39.4 Å². The Balaban J connectivity index is 2.09. The molecule has 0 radical (unpaired) electrons. The van der Waals surface area contributed by atoms with Crippen LogP contribution in [0.2, 0.25) is 0 Å². The molecule has 0 saturated heterocycles. The van der Waals surface area contributed by atoms with E-state index in [0.717, 1.165) is 17.6 Å². The number of nitrogens with zero attached hydrogens (tertiary/aromatic N) is 2. The molecule has 4 nitrogen and oxygen atoms in total. The molecule has 1 fully saturated rings. The maximum Gasteiger partial charge on any atom is 0.218 e. The summed E-state index contributed by atoms with van der Waals surface area (Å²) < 4.78 is 5.45. The van der Waals surface area contributed by atoms with Crippen LogP contribution in [-0.4, -0.2) is 22.6 Å². The Kier molecular flexibility index (Phi) is 4.04. The Hall–Kier alpha value is -1.32. The van der Waals surface area contributed by atoms with Gasteiger partial charge < -0.3 is 10.1 Å². The van der Waals surface area contributed by atoms with E-state index in [0.29, 0.717) is 24.4 Å². The van der Waals surface area contributed by atoms with Gasteiger partial charge in [-0.05, 0) is 38.5 Å². The minimum atomic E-state index is 0.517. The second kappa shape index (κ2) is 5.55. The van der Waals surface area contributed by atoms with Gasteiger partial charge in [-0.15, -0.1) is 0 Å². The van der Waals surface area contributed by atoms with Crippen LogP contribution < -0.4 is 10.1 Å². The summed E-state index contributed by atoms with van der Waals surface area (Å²) in [7, 11) is 0. The van der Waals surface area contributed by atoms with Crippen LogP contribution in [0.25, 0.3) is 0 Å². The molecular weight excluding hydrogens is 226 g/mol. The third kappa shape index (κ3) is 2.92. The first-order chi connectivity index (χ1) is 8.60. The molecule has 1 aliphatic rings. The number of rotatable bonds is 4. The number of nitrogens with one attached hydrogen (secondary N) is 1. The molecule has 0 bridgehead atoms. The van der Waals surface area contributed by atoms with Gasteiger partial charge in [-0.1, -0.05) is 13.8 Å². The van der Waals surface area contributed by atoms with E-state index in [9.17, 15) is 0 Å². The highest BCUT2D eigenvalue weighted by Crippen LogP contribution is 2.33. The number of aromatic nitrogens is 2. The zero-order chi connectivity index (χ0) is 13.1. The standard InChI is InChI=1S/C14H23N3O/c1-5-18-14-8-13(15-11(4)16-14)17-12-7-6-9(2)10(12)3/h8-10,12H,5-7H2,1-4H3,(H,15,16,17). The van der Waals surface area contributed by atoms with E-state index in [-0.39, 0.29) is 0 Å². The van der Waals surface area contributed by atoms with Gasteiger partial charge in [0.1, 0.15) is 11.6 Å². The normalized spacial score (nSPS) is 27.2. The van der Waals surface area contributed by atoms with E-state index in [4.69, 9.17) is 4.74 Å². The number of hydrogen-bond acceptors (Lipinski definition) is 4. The molecule has 1 saturated carbocycles. The van der Waals surface area contributed by atoms with Crippen LogP contribution in [0.5, 0.6) is 5.88 Å². The Morgan fingerprint density at radius 1 is 1.33 bits per heavy atom. The van der Waals surface area contributed by atoms with Gasteiger partial charge in [0.15, 0.2) is 0 Å². The second-order valence-electron chi connectivity index (χ2n) is 5.24. The molecule has 1 aliphatic carbocycles. The first-order valence-electron chi connectivity index (χ1n) is 6.85. The van der Waals surface area contributed by atoms with Crippen LogP contribution in [0.4, 0.5) is 5.82 Å². The summed E-state index contributed by atoms with van der Waals surface area (Å²) in [6, 6.07) is 2.41. The van der Waals surface area contributed by atoms with Gasteiger partial charge in [0.05, 0.1) is 6.61 Å². The van der Waals surface area contributed by atoms with Crippen molar-refractivity contribution in [3.8, 4) is 5.88 Å². The first-order valence-corrected chi connectivity index (χ1v) is 6.85. The van der Waals surface area contributed by atoms with Crippen molar-refractivity contribution in [2.24, 2.45) is 11.8 Å². The largest absolute Gasteiger partial charge is 0.478 e. The topological polar surface area (TPSA) is 47.0 Å². The third-order valence-electron chi connectivity index (χ3n) is 3.91. The van der Waals surface area contributed by atoms with Crippen LogP contribution in [0.15, 0.2) is 6.07 Å². The average molecular weight is 249 g/mol. The number of hydrogen-bond donors (Lipinski definition) is 1. The monoisotopic (exact) mass is 249 g/mol. The Morgan fingerprint density at radius 3 is 2.72 bits per heavy atom. The number of aryl methyl sites for hydroxylation is 1. The summed E-state index contributed by atoms with van der Waals surface area (Å²) in [5.41, 5.74) is 0. The molecule has 3 unspecified atom stereocenters. The SMILES string of the molecule is CCOc1cc(NC2CCC(C)C2C)nc(C)n1. The molecule has 1 aromatic heterocycles. The van der Waals surface area contributed by atoms with E-state index < -0.39 is 0 Å². The molecule has 0 amide bonds. The van der Waals surface area contributed by atoms with Crippen LogP contribution in [0, 0.1) is 18.8 Å². The van der Waals surface area contributed by atoms with Gasteiger partial charge in [-0.2, -0.15) is 4.98 Å². The summed E-state index contributed by atoms with van der Waals surface area (Å²) in [5, 5.41) is 3.53. The summed E-state index contributed by atoms with van der Waals surface area (Å²) in [5.74, 6) is 3.78. The molecule has 18 heavy (non-hydrogen) atoms. The molecule has 3 atom stereocenters. The highest BCUT2D eigenvalue weighted by molar-refractivity contribution is 5.39. The zero-order valence-corrected chi connectivity index (χ0v) is 11.7. The van der Waals surface area contributed by atoms with Crippen LogP contribution >= 0.6 is 0 Å². The van der Waals surface area contributed by atoms with Crippen LogP contribution in [0.3, 0.4) is 0 Å². The summed E-state index contributed by atoms with van der Waals surface area (Å²) in [6.45, 7) is 9.13. The third-order valence-corrected chi connectivity index (χ3v) is 3.91. The van der Waals surface area contributed by atoms with Crippen molar-refractivity contribution in [2.75, 3.05) is 11.9 Å². The number of anilines is 1. The molecule has 0 aromatic carbocycles. The second-order valence-corrected chi connectivity index (χ2v) is 5.24. The smallest absolute Gasteiger partial charge is 0.218 e. The van der Waals surface area contributed by atoms with Crippen molar-refractivity contribution in [3.63, 3.8) is 0 Å². The fraction of sp³-hybridized carbons (Fsp3) is 0.714. The first kappa shape index (κ1) is 13.1. The quantitative estimate of drug-likeness (QED) is 0.891. The number of ether oxygens (including phenoxy) is 1. The Morgan fingerprint density at radius 2 is 2.11 bits per heavy atom. The van der Waals surface area contributed by atoms with Crippen molar-refractivity contribution in [3.05, 3.63) is 11.9 Å². The molecular formula is C14H23N3O. The zero-order valence-electron chi connectivity index (χ0n) is 11.7. The van der Waals surface area contributed by atoms with Crippen molar-refractivity contribution in [1.29, 1.82) is 0 Å². The lowest BCUT2D eigenvalue weighted by Gasteiger charge is -2.20. The predicted molar refractivity (Wildman–Crippen MR) is 72.9 cm³/mol. The molecule has 0 spiro atoms. The van der Waals surface area contributed by atoms with E-state index in [1.807, 2.05) is 19.9 Å². The molecule has 0 aliphatic heterocycles. The van der Waals surface area contributed by atoms with Gasteiger partial charge in [0.2, 0.25) is 5.88 Å². The summed E-state index contributed by atoms with van der Waals surface area (Å²) >= 11 is 0. The molecule has 1 heterocycles. The lowest BCUT2D eigenvalue weighted by Crippen LogP contribution is -2.24. The summed E-state index contributed by atoms with van der Waals surface area (Å²) in [4.78, 5) is 8.70. The van der Waals surface area contributed by atoms with E-state index in [2.05, 4.69) is 29.1 Å². The van der Waals surface area contributed by atoms with Gasteiger partial charge in [0.25, 0.3) is 0 Å². The fourth-order valence-electron chi connectivity index (χ4n) is 2.59. The fourth-order valence-corrected chi connectivity index (χ4v) is 2.59. The van der Waals surface area contributed by atoms with Gasteiger partial charge >= 0.3 is 0 Å². The van der Waals surface area contributed by atoms with Crippen molar-refractivity contribution < 1.29 is 4.74 Å². The lowest BCUT2D eigenvalue weighted by molar-refractivity contribution is 0.325. The predicted octanol–water partition coefficient (Wildman–Crippen LogP) is 3.03. The maximum atomic E-state index is 5.45. The molecule has 100 valence electrons. The summed E-state index contributed by atoms with van der Waals surface area (Å²) in [6.07, 6.45) is 2.51. The Bertz CT molecular complexity index is 408. The van der Waals surface area contributed by atoms with Crippen LogP contribution in [-0.2, 0) is 0 Å². The highest BCUT2D eigenvalue weighted by Gasteiger charge is 2.29. The van der Waals surface area contributed by atoms with Gasteiger partial charge in [0, 0.05) is 12.1 Å². The van der Waals surface area contributed by atoms with Crippen molar-refractivity contribution in [1.82, 2.24) is 9.97 Å². The van der Waals surface area contributed by atoms with Crippen molar-refractivity contribution >= 4 is 5.82 Å². The van der Waals surface area contributed by atoms with Gasteiger partial charge in [-0.25, -0.2) is 4.98 Å². The highest BCUT2D eigenvalue weighted by atomic mass is 16.5. The molecule has 1 aromatic rings. The van der Waals surface area contributed by atoms with E-state index >= 15 is 0 Å². The molecule has 2 rings (SSSR count). The Labute approximate surface area is 109 Å². The lowest BCUT2D eigenvalue weighted by atomic mass is 9.98. The maximum absolute atomic E-state index is 5.45. The average Bonchev–Trinajstić information content (AvgIpc) is 2.61. The van der Waals surface area contributed by atoms with Gasteiger partial charge in [-0.3, -0.25) is 0 Å². The molecule has 1 N–H and O–H groups in total. The minimum Gasteiger partial charge on any atom is -0.478 e. The van der Waals surface area contributed by atoms with Crippen molar-refractivity contribution in [2.45, 2.75) is 46.6 Å². The minimum absolute atomic E-state index is 0.517. The van der Waals surface area contributed by atoms with E-state index in [1.54, 1.807) is 0 Å². The van der Waals surface area contributed by atoms with E-state index in [1.165, 1.54) is 12.8 Å².